The zero-order chi connectivity index (χ0) is 15.1. The minimum atomic E-state index is -0.337. The first-order chi connectivity index (χ1) is 9.49. The summed E-state index contributed by atoms with van der Waals surface area (Å²) in [7, 11) is 5.50. The summed E-state index contributed by atoms with van der Waals surface area (Å²) in [5.41, 5.74) is 8.15. The Bertz CT molecular complexity index is 447. The van der Waals surface area contributed by atoms with Crippen LogP contribution in [-0.4, -0.2) is 51.7 Å². The van der Waals surface area contributed by atoms with Crippen LogP contribution in [0.4, 0.5) is 11.4 Å². The first kappa shape index (κ1) is 16.3. The Morgan fingerprint density at radius 2 is 2.00 bits per heavy atom. The largest absolute Gasteiger partial charge is 0.465 e. The standard InChI is InChI=1S/C15H25N3O2/c1-5-18(10-6-9-17(2)3)14-11-12(15(19)20-4)7-8-13(14)16/h7-8,11H,5-6,9-10,16H2,1-4H3. The SMILES string of the molecule is CCN(CCCN(C)C)c1cc(C(=O)OC)ccc1N. The molecule has 1 rings (SSSR count). The van der Waals surface area contributed by atoms with E-state index in [9.17, 15) is 4.79 Å². The second kappa shape index (κ2) is 7.75. The molecule has 0 amide bonds. The maximum absolute atomic E-state index is 11.6. The van der Waals surface area contributed by atoms with Gasteiger partial charge in [-0.1, -0.05) is 0 Å². The van der Waals surface area contributed by atoms with Gasteiger partial charge in [-0.15, -0.1) is 0 Å². The lowest BCUT2D eigenvalue weighted by molar-refractivity contribution is 0.0601. The van der Waals surface area contributed by atoms with Crippen LogP contribution in [0.5, 0.6) is 0 Å². The van der Waals surface area contributed by atoms with E-state index in [0.717, 1.165) is 31.7 Å². The molecule has 0 saturated carbocycles. The van der Waals surface area contributed by atoms with E-state index in [1.807, 2.05) is 0 Å². The lowest BCUT2D eigenvalue weighted by Crippen LogP contribution is -2.28. The maximum Gasteiger partial charge on any atom is 0.337 e. The van der Waals surface area contributed by atoms with Crippen molar-refractivity contribution >= 4 is 17.3 Å². The summed E-state index contributed by atoms with van der Waals surface area (Å²) in [6.07, 6.45) is 1.04. The van der Waals surface area contributed by atoms with Crippen LogP contribution >= 0.6 is 0 Å². The first-order valence-electron chi connectivity index (χ1n) is 6.87. The summed E-state index contributed by atoms with van der Waals surface area (Å²) < 4.78 is 4.75. The van der Waals surface area contributed by atoms with E-state index < -0.39 is 0 Å². The van der Waals surface area contributed by atoms with Crippen molar-refractivity contribution in [2.24, 2.45) is 0 Å². The molecule has 0 aromatic heterocycles. The van der Waals surface area contributed by atoms with Gasteiger partial charge in [0.25, 0.3) is 0 Å². The van der Waals surface area contributed by atoms with Crippen molar-refractivity contribution in [3.8, 4) is 0 Å². The number of esters is 1. The minimum Gasteiger partial charge on any atom is -0.465 e. The third-order valence-corrected chi connectivity index (χ3v) is 3.21. The molecule has 0 bridgehead atoms. The average molecular weight is 279 g/mol. The molecule has 0 aliphatic carbocycles. The van der Waals surface area contributed by atoms with Crippen LogP contribution in [0, 0.1) is 0 Å². The average Bonchev–Trinajstić information content (AvgIpc) is 2.43. The zero-order valence-electron chi connectivity index (χ0n) is 12.8. The van der Waals surface area contributed by atoms with Gasteiger partial charge in [0.1, 0.15) is 0 Å². The molecule has 0 aliphatic heterocycles. The summed E-state index contributed by atoms with van der Waals surface area (Å²) in [4.78, 5) is 15.9. The van der Waals surface area contributed by atoms with Crippen molar-refractivity contribution in [1.29, 1.82) is 0 Å². The van der Waals surface area contributed by atoms with Crippen molar-refractivity contribution in [3.63, 3.8) is 0 Å². The Hall–Kier alpha value is -1.75. The Labute approximate surface area is 121 Å². The molecule has 5 heteroatoms. The third kappa shape index (κ3) is 4.42. The molecule has 0 aliphatic rings. The van der Waals surface area contributed by atoms with Gasteiger partial charge in [-0.25, -0.2) is 4.79 Å². The first-order valence-corrected chi connectivity index (χ1v) is 6.87. The second-order valence-corrected chi connectivity index (χ2v) is 5.00. The van der Waals surface area contributed by atoms with Crippen LogP contribution in [0.1, 0.15) is 23.7 Å². The molecule has 2 N–H and O–H groups in total. The van der Waals surface area contributed by atoms with Crippen molar-refractivity contribution in [1.82, 2.24) is 4.90 Å². The Morgan fingerprint density at radius 3 is 2.55 bits per heavy atom. The number of carbonyl (C=O) groups excluding carboxylic acids is 1. The molecular formula is C15H25N3O2. The van der Waals surface area contributed by atoms with E-state index in [1.165, 1.54) is 7.11 Å². The van der Waals surface area contributed by atoms with Crippen LogP contribution in [-0.2, 0) is 4.74 Å². The molecule has 0 radical (unpaired) electrons. The molecule has 0 unspecified atom stereocenters. The van der Waals surface area contributed by atoms with E-state index >= 15 is 0 Å². The molecule has 5 nitrogen and oxygen atoms in total. The van der Waals surface area contributed by atoms with Gasteiger partial charge in [-0.2, -0.15) is 0 Å². The summed E-state index contributed by atoms with van der Waals surface area (Å²) in [5.74, 6) is -0.337. The highest BCUT2D eigenvalue weighted by atomic mass is 16.5. The topological polar surface area (TPSA) is 58.8 Å². The van der Waals surface area contributed by atoms with E-state index in [4.69, 9.17) is 10.5 Å². The van der Waals surface area contributed by atoms with Crippen molar-refractivity contribution in [2.75, 3.05) is 51.5 Å². The highest BCUT2D eigenvalue weighted by molar-refractivity contribution is 5.92. The molecule has 0 heterocycles. The van der Waals surface area contributed by atoms with Crippen LogP contribution in [0.3, 0.4) is 0 Å². The van der Waals surface area contributed by atoms with Crippen molar-refractivity contribution < 1.29 is 9.53 Å². The highest BCUT2D eigenvalue weighted by Crippen LogP contribution is 2.25. The van der Waals surface area contributed by atoms with E-state index in [-0.39, 0.29) is 5.97 Å². The number of methoxy groups -OCH3 is 1. The van der Waals surface area contributed by atoms with Crippen molar-refractivity contribution in [2.45, 2.75) is 13.3 Å². The number of benzene rings is 1. The second-order valence-electron chi connectivity index (χ2n) is 5.00. The van der Waals surface area contributed by atoms with E-state index in [0.29, 0.717) is 11.3 Å². The molecule has 0 fully saturated rings. The van der Waals surface area contributed by atoms with E-state index in [1.54, 1.807) is 18.2 Å². The van der Waals surface area contributed by atoms with Crippen LogP contribution < -0.4 is 10.6 Å². The van der Waals surface area contributed by atoms with Gasteiger partial charge in [-0.3, -0.25) is 0 Å². The van der Waals surface area contributed by atoms with Gasteiger partial charge in [0.15, 0.2) is 0 Å². The van der Waals surface area contributed by atoms with Gasteiger partial charge < -0.3 is 20.3 Å². The lowest BCUT2D eigenvalue weighted by Gasteiger charge is -2.25. The van der Waals surface area contributed by atoms with Gasteiger partial charge >= 0.3 is 5.97 Å². The summed E-state index contributed by atoms with van der Waals surface area (Å²) in [6, 6.07) is 5.26. The van der Waals surface area contributed by atoms with Crippen molar-refractivity contribution in [3.05, 3.63) is 23.8 Å². The predicted octanol–water partition coefficient (Wildman–Crippen LogP) is 1.83. The molecule has 0 spiro atoms. The number of rotatable bonds is 7. The fraction of sp³-hybridized carbons (Fsp3) is 0.533. The Balaban J connectivity index is 2.87. The normalized spacial score (nSPS) is 10.7. The maximum atomic E-state index is 11.6. The van der Waals surface area contributed by atoms with Gasteiger partial charge in [0, 0.05) is 13.1 Å². The van der Waals surface area contributed by atoms with Crippen LogP contribution in [0.15, 0.2) is 18.2 Å². The number of nitrogen functional groups attached to an aromatic ring is 1. The number of nitrogens with two attached hydrogens (primary N) is 1. The smallest absolute Gasteiger partial charge is 0.337 e. The molecule has 1 aromatic carbocycles. The summed E-state index contributed by atoms with van der Waals surface area (Å²) in [6.45, 7) is 4.86. The monoisotopic (exact) mass is 279 g/mol. The summed E-state index contributed by atoms with van der Waals surface area (Å²) >= 11 is 0. The van der Waals surface area contributed by atoms with Crippen LogP contribution in [0.25, 0.3) is 0 Å². The molecule has 0 atom stereocenters. The highest BCUT2D eigenvalue weighted by Gasteiger charge is 2.12. The molecule has 112 valence electrons. The van der Waals surface area contributed by atoms with Gasteiger partial charge in [0.2, 0.25) is 0 Å². The number of hydrogen-bond donors (Lipinski definition) is 1. The summed E-state index contributed by atoms with van der Waals surface area (Å²) in [5, 5.41) is 0. The Morgan fingerprint density at radius 1 is 1.30 bits per heavy atom. The number of ether oxygens (including phenoxy) is 1. The molecule has 20 heavy (non-hydrogen) atoms. The van der Waals surface area contributed by atoms with Crippen LogP contribution in [0.2, 0.25) is 0 Å². The molecule has 1 aromatic rings. The number of carbonyl (C=O) groups is 1. The van der Waals surface area contributed by atoms with E-state index in [2.05, 4.69) is 30.8 Å². The number of nitrogens with zero attached hydrogens (tertiary/aromatic N) is 2. The fourth-order valence-corrected chi connectivity index (χ4v) is 2.09. The number of anilines is 2. The predicted molar refractivity (Wildman–Crippen MR) is 83.3 cm³/mol. The fourth-order valence-electron chi connectivity index (χ4n) is 2.09. The van der Waals surface area contributed by atoms with Gasteiger partial charge in [0.05, 0.1) is 24.0 Å². The third-order valence-electron chi connectivity index (χ3n) is 3.21. The quantitative estimate of drug-likeness (QED) is 0.609. The number of hydrogen-bond acceptors (Lipinski definition) is 5. The Kier molecular flexibility index (Phi) is 6.31. The lowest BCUT2D eigenvalue weighted by atomic mass is 10.1. The molecular weight excluding hydrogens is 254 g/mol. The molecule has 0 saturated heterocycles. The minimum absolute atomic E-state index is 0.337. The van der Waals surface area contributed by atoms with Gasteiger partial charge in [-0.05, 0) is 52.2 Å². The zero-order valence-corrected chi connectivity index (χ0v) is 12.8.